The molecule has 3 nitrogen and oxygen atoms in total. The second-order valence-corrected chi connectivity index (χ2v) is 3.80. The first-order valence-corrected chi connectivity index (χ1v) is 5.01. The van der Waals surface area contributed by atoms with Gasteiger partial charge in [0.05, 0.1) is 13.1 Å². The van der Waals surface area contributed by atoms with Crippen molar-refractivity contribution in [3.8, 4) is 0 Å². The summed E-state index contributed by atoms with van der Waals surface area (Å²) >= 11 is 0. The highest BCUT2D eigenvalue weighted by Gasteiger charge is 2.26. The molecule has 15 heavy (non-hydrogen) atoms. The van der Waals surface area contributed by atoms with Gasteiger partial charge in [0.25, 0.3) is 0 Å². The molecule has 1 aliphatic rings. The Morgan fingerprint density at radius 3 is 2.53 bits per heavy atom. The van der Waals surface area contributed by atoms with Crippen LogP contribution >= 0.6 is 0 Å². The van der Waals surface area contributed by atoms with Gasteiger partial charge in [0.2, 0.25) is 5.91 Å². The first-order valence-electron chi connectivity index (χ1n) is 5.01. The van der Waals surface area contributed by atoms with E-state index >= 15 is 0 Å². The monoisotopic (exact) mass is 224 g/mol. The molecule has 1 fully saturated rings. The van der Waals surface area contributed by atoms with E-state index in [9.17, 15) is 18.0 Å². The van der Waals surface area contributed by atoms with Crippen LogP contribution in [-0.2, 0) is 4.79 Å². The van der Waals surface area contributed by atoms with Crippen molar-refractivity contribution in [3.63, 3.8) is 0 Å². The van der Waals surface area contributed by atoms with Gasteiger partial charge >= 0.3 is 6.18 Å². The van der Waals surface area contributed by atoms with Gasteiger partial charge in [-0.05, 0) is 12.3 Å². The zero-order valence-corrected chi connectivity index (χ0v) is 8.36. The lowest BCUT2D eigenvalue weighted by Crippen LogP contribution is -2.38. The van der Waals surface area contributed by atoms with E-state index in [0.717, 1.165) is 6.42 Å². The van der Waals surface area contributed by atoms with Crippen LogP contribution in [0.1, 0.15) is 19.3 Å². The number of halogens is 3. The molecule has 6 heteroatoms. The van der Waals surface area contributed by atoms with Crippen molar-refractivity contribution < 1.29 is 18.0 Å². The molecule has 1 rings (SSSR count). The molecule has 0 aliphatic heterocycles. The van der Waals surface area contributed by atoms with E-state index in [0.29, 0.717) is 12.5 Å². The highest BCUT2D eigenvalue weighted by atomic mass is 19.4. The molecular formula is C9H15F3N2O. The van der Waals surface area contributed by atoms with E-state index in [1.54, 1.807) is 0 Å². The number of carbonyl (C=O) groups is 1. The van der Waals surface area contributed by atoms with Gasteiger partial charge in [0, 0.05) is 6.54 Å². The average Bonchev–Trinajstić information content (AvgIpc) is 2.85. The third-order valence-corrected chi connectivity index (χ3v) is 2.18. The molecule has 0 atom stereocenters. The quantitative estimate of drug-likeness (QED) is 0.708. The van der Waals surface area contributed by atoms with Crippen molar-refractivity contribution in [1.29, 1.82) is 0 Å². The molecule has 0 aromatic rings. The Kier molecular flexibility index (Phi) is 4.38. The standard InChI is InChI=1S/C9H15F3N2O/c10-9(11,12)6-13-5-8(15)14-4-3-7-1-2-7/h7,13H,1-6H2,(H,14,15). The number of rotatable bonds is 6. The Morgan fingerprint density at radius 2 is 2.00 bits per heavy atom. The molecule has 1 aliphatic carbocycles. The van der Waals surface area contributed by atoms with Crippen LogP contribution in [0.15, 0.2) is 0 Å². The molecule has 1 saturated carbocycles. The lowest BCUT2D eigenvalue weighted by molar-refractivity contribution is -0.128. The van der Waals surface area contributed by atoms with Crippen LogP contribution in [0.5, 0.6) is 0 Å². The van der Waals surface area contributed by atoms with E-state index in [2.05, 4.69) is 5.32 Å². The maximum Gasteiger partial charge on any atom is 0.401 e. The summed E-state index contributed by atoms with van der Waals surface area (Å²) < 4.78 is 35.0. The molecule has 88 valence electrons. The first kappa shape index (κ1) is 12.3. The minimum Gasteiger partial charge on any atom is -0.355 e. The first-order chi connectivity index (χ1) is 6.97. The predicted molar refractivity (Wildman–Crippen MR) is 49.3 cm³/mol. The topological polar surface area (TPSA) is 41.1 Å². The highest BCUT2D eigenvalue weighted by Crippen LogP contribution is 2.31. The maximum atomic E-state index is 11.7. The van der Waals surface area contributed by atoms with Gasteiger partial charge in [-0.2, -0.15) is 13.2 Å². The summed E-state index contributed by atoms with van der Waals surface area (Å²) in [5.74, 6) is 0.341. The minimum absolute atomic E-state index is 0.274. The number of hydrogen-bond donors (Lipinski definition) is 2. The van der Waals surface area contributed by atoms with E-state index in [1.807, 2.05) is 5.32 Å². The average molecular weight is 224 g/mol. The summed E-state index contributed by atoms with van der Waals surface area (Å²) in [6.45, 7) is -0.829. The van der Waals surface area contributed by atoms with E-state index < -0.39 is 12.7 Å². The molecule has 1 amide bonds. The van der Waals surface area contributed by atoms with Gasteiger partial charge in [-0.15, -0.1) is 0 Å². The van der Waals surface area contributed by atoms with Crippen molar-refractivity contribution in [3.05, 3.63) is 0 Å². The lowest BCUT2D eigenvalue weighted by atomic mass is 10.3. The highest BCUT2D eigenvalue weighted by molar-refractivity contribution is 5.77. The molecule has 0 unspecified atom stereocenters. The van der Waals surface area contributed by atoms with Gasteiger partial charge < -0.3 is 10.6 Å². The van der Waals surface area contributed by atoms with Crippen molar-refractivity contribution in [2.75, 3.05) is 19.6 Å². The molecule has 0 aromatic heterocycles. The van der Waals surface area contributed by atoms with Crippen LogP contribution in [0.4, 0.5) is 13.2 Å². The summed E-state index contributed by atoms with van der Waals surface area (Å²) in [5, 5.41) is 4.61. The fourth-order valence-electron chi connectivity index (χ4n) is 1.20. The Hall–Kier alpha value is -0.780. The zero-order valence-electron chi connectivity index (χ0n) is 8.36. The van der Waals surface area contributed by atoms with Crippen molar-refractivity contribution in [1.82, 2.24) is 10.6 Å². The summed E-state index contributed by atoms with van der Waals surface area (Å²) in [6.07, 6.45) is -0.899. The van der Waals surface area contributed by atoms with E-state index in [1.165, 1.54) is 12.8 Å². The van der Waals surface area contributed by atoms with Crippen LogP contribution in [0.3, 0.4) is 0 Å². The molecule has 0 saturated heterocycles. The van der Waals surface area contributed by atoms with Crippen molar-refractivity contribution >= 4 is 5.91 Å². The van der Waals surface area contributed by atoms with Crippen LogP contribution in [-0.4, -0.2) is 31.7 Å². The Bertz CT molecular complexity index is 214. The fraction of sp³-hybridized carbons (Fsp3) is 0.889. The molecule has 2 N–H and O–H groups in total. The summed E-state index contributed by atoms with van der Waals surface area (Å²) in [6, 6.07) is 0. The van der Waals surface area contributed by atoms with Gasteiger partial charge in [-0.1, -0.05) is 12.8 Å². The molecule has 0 aromatic carbocycles. The van der Waals surface area contributed by atoms with Crippen molar-refractivity contribution in [2.45, 2.75) is 25.4 Å². The summed E-state index contributed by atoms with van der Waals surface area (Å²) in [5.41, 5.74) is 0. The van der Waals surface area contributed by atoms with Crippen LogP contribution in [0.25, 0.3) is 0 Å². The SMILES string of the molecule is O=C(CNCC(F)(F)F)NCCC1CC1. The Morgan fingerprint density at radius 1 is 1.33 bits per heavy atom. The van der Waals surface area contributed by atoms with Gasteiger partial charge in [-0.25, -0.2) is 0 Å². The summed E-state index contributed by atoms with van der Waals surface area (Å²) in [4.78, 5) is 11.0. The second-order valence-electron chi connectivity index (χ2n) is 3.80. The normalized spacial score (nSPS) is 16.5. The molecular weight excluding hydrogens is 209 g/mol. The Labute approximate surface area is 86.4 Å². The number of hydrogen-bond acceptors (Lipinski definition) is 2. The van der Waals surface area contributed by atoms with Crippen LogP contribution in [0, 0.1) is 5.92 Å². The smallest absolute Gasteiger partial charge is 0.355 e. The molecule has 0 bridgehead atoms. The van der Waals surface area contributed by atoms with Crippen LogP contribution in [0.2, 0.25) is 0 Å². The van der Waals surface area contributed by atoms with E-state index in [4.69, 9.17) is 0 Å². The molecule has 0 radical (unpaired) electrons. The third kappa shape index (κ3) is 7.18. The van der Waals surface area contributed by atoms with Crippen molar-refractivity contribution in [2.24, 2.45) is 5.92 Å². The summed E-state index contributed by atoms with van der Waals surface area (Å²) in [7, 11) is 0. The molecule has 0 heterocycles. The third-order valence-electron chi connectivity index (χ3n) is 2.18. The minimum atomic E-state index is -4.26. The van der Waals surface area contributed by atoms with Gasteiger partial charge in [-0.3, -0.25) is 4.79 Å². The molecule has 0 spiro atoms. The number of alkyl halides is 3. The van der Waals surface area contributed by atoms with Gasteiger partial charge in [0.1, 0.15) is 0 Å². The van der Waals surface area contributed by atoms with E-state index in [-0.39, 0.29) is 12.5 Å². The van der Waals surface area contributed by atoms with Crippen LogP contribution < -0.4 is 10.6 Å². The number of amides is 1. The maximum absolute atomic E-state index is 11.7. The predicted octanol–water partition coefficient (Wildman–Crippen LogP) is 1.05. The Balaban J connectivity index is 1.93. The second kappa shape index (κ2) is 5.34. The lowest BCUT2D eigenvalue weighted by Gasteiger charge is -2.08. The fourth-order valence-corrected chi connectivity index (χ4v) is 1.20. The zero-order chi connectivity index (χ0) is 11.3. The number of nitrogens with one attached hydrogen (secondary N) is 2. The van der Waals surface area contributed by atoms with Gasteiger partial charge in [0.15, 0.2) is 0 Å². The largest absolute Gasteiger partial charge is 0.401 e. The number of carbonyl (C=O) groups excluding carboxylic acids is 1.